The molecule has 0 aliphatic rings. The largest absolute Gasteiger partial charge is 0.569 e. The molecule has 0 atom stereocenters. The van der Waals surface area contributed by atoms with Crippen molar-refractivity contribution in [3.05, 3.63) is 14.5 Å². The second-order valence-electron chi connectivity index (χ2n) is 0. The van der Waals surface area contributed by atoms with Crippen LogP contribution in [0.2, 0.25) is 0 Å². The monoisotopic (exact) mass is 198 g/mol. The molecule has 0 rings (SSSR count). The summed E-state index contributed by atoms with van der Waals surface area (Å²) in [5.74, 6) is 0. The second-order valence-corrected chi connectivity index (χ2v) is 0. The van der Waals surface area contributed by atoms with E-state index < -0.39 is 0 Å². The van der Waals surface area contributed by atoms with Crippen molar-refractivity contribution in [3.8, 4) is 0 Å². The second kappa shape index (κ2) is 27.8. The molecule has 4 heavy (non-hydrogen) atoms. The van der Waals surface area contributed by atoms with Gasteiger partial charge in [0.15, 0.2) is 0 Å². The molecule has 0 heterocycles. The summed E-state index contributed by atoms with van der Waals surface area (Å²) in [6.45, 7) is 0. The maximum Gasteiger partial charge on any atom is 0 e. The van der Waals surface area contributed by atoms with E-state index in [9.17, 15) is 0 Å². The van der Waals surface area contributed by atoms with Crippen molar-refractivity contribution >= 4 is 0 Å². The summed E-state index contributed by atoms with van der Waals surface area (Å²) in [6.07, 6.45) is 0. The molecule has 0 bridgehead atoms. The predicted molar refractivity (Wildman–Crippen MR) is 13.7 cm³/mol. The van der Waals surface area contributed by atoms with E-state index in [1.807, 2.05) is 0 Å². The SMILES string of the molecule is [CH2-]O.[CH3-].[Sm]. The summed E-state index contributed by atoms with van der Waals surface area (Å²) < 4.78 is 0. The standard InChI is InChI=1S/CH3O.CH3.Sm/c1-2;;/h2H,1H2;1H3;/q2*-1;. The molecule has 0 aliphatic carbocycles. The summed E-state index contributed by atoms with van der Waals surface area (Å²) in [7, 11) is 2.25. The van der Waals surface area contributed by atoms with E-state index in [2.05, 4.69) is 7.11 Å². The van der Waals surface area contributed by atoms with E-state index in [1.165, 1.54) is 0 Å². The van der Waals surface area contributed by atoms with Crippen LogP contribution in [-0.4, -0.2) is 5.11 Å². The zero-order valence-corrected chi connectivity index (χ0v) is 5.18. The van der Waals surface area contributed by atoms with Crippen molar-refractivity contribution in [1.29, 1.82) is 0 Å². The van der Waals surface area contributed by atoms with E-state index in [0.29, 0.717) is 0 Å². The Labute approximate surface area is 59.5 Å². The molecule has 0 fully saturated rings. The molecule has 0 radical (unpaired) electrons. The van der Waals surface area contributed by atoms with Gasteiger partial charge in [0, 0.05) is 40.4 Å². The maximum absolute atomic E-state index is 6.75. The van der Waals surface area contributed by atoms with Gasteiger partial charge in [-0.15, -0.1) is 0 Å². The van der Waals surface area contributed by atoms with E-state index >= 15 is 0 Å². The molecule has 28 valence electrons. The van der Waals surface area contributed by atoms with Crippen LogP contribution in [0.1, 0.15) is 0 Å². The zero-order valence-electron chi connectivity index (χ0n) is 2.56. The third kappa shape index (κ3) is 10.3. The molecule has 0 unspecified atom stereocenters. The van der Waals surface area contributed by atoms with Gasteiger partial charge < -0.3 is 12.5 Å². The van der Waals surface area contributed by atoms with Gasteiger partial charge in [0.1, 0.15) is 0 Å². The van der Waals surface area contributed by atoms with E-state index in [-0.39, 0.29) is 47.8 Å². The van der Waals surface area contributed by atoms with E-state index in [1.54, 1.807) is 0 Å². The molecule has 2 heteroatoms. The maximum atomic E-state index is 6.75. The Bertz CT molecular complexity index is 6.00. The van der Waals surface area contributed by atoms with Crippen LogP contribution in [0.15, 0.2) is 0 Å². The number of aliphatic hydroxyl groups is 1. The minimum atomic E-state index is 0. The van der Waals surface area contributed by atoms with Crippen LogP contribution in [0.5, 0.6) is 0 Å². The van der Waals surface area contributed by atoms with Crippen LogP contribution in [0.4, 0.5) is 0 Å². The van der Waals surface area contributed by atoms with Crippen LogP contribution in [0, 0.1) is 54.9 Å². The summed E-state index contributed by atoms with van der Waals surface area (Å²) in [5.41, 5.74) is 0. The summed E-state index contributed by atoms with van der Waals surface area (Å²) in [6, 6.07) is 0. The third-order valence-corrected chi connectivity index (χ3v) is 0. The van der Waals surface area contributed by atoms with Crippen molar-refractivity contribution in [3.63, 3.8) is 0 Å². The minimum Gasteiger partial charge on any atom is -0.569 e. The van der Waals surface area contributed by atoms with Crippen LogP contribution in [0.3, 0.4) is 0 Å². The Balaban J connectivity index is -0.00000000500. The average Bonchev–Trinajstić information content (AvgIpc) is 1.00. The Hall–Kier alpha value is 1.30. The first kappa shape index (κ1) is 18.5. The van der Waals surface area contributed by atoms with Crippen LogP contribution < -0.4 is 0 Å². The molecule has 0 aliphatic heterocycles. The molecule has 1 nitrogen and oxygen atoms in total. The van der Waals surface area contributed by atoms with Gasteiger partial charge in [0.05, 0.1) is 0 Å². The smallest absolute Gasteiger partial charge is 0 e. The van der Waals surface area contributed by atoms with Crippen molar-refractivity contribution in [2.24, 2.45) is 0 Å². The fourth-order valence-electron chi connectivity index (χ4n) is 0. The zero-order chi connectivity index (χ0) is 2.00. The van der Waals surface area contributed by atoms with Crippen molar-refractivity contribution in [2.45, 2.75) is 0 Å². The first-order chi connectivity index (χ1) is 1.00. The summed E-state index contributed by atoms with van der Waals surface area (Å²) in [4.78, 5) is 0. The predicted octanol–water partition coefficient (Wildman–Crippen LogP) is 0.601. The average molecular weight is 196 g/mol. The molecule has 0 amide bonds. The first-order valence-electron chi connectivity index (χ1n) is 0.316. The first-order valence-corrected chi connectivity index (χ1v) is 0.316. The van der Waals surface area contributed by atoms with E-state index in [4.69, 9.17) is 5.11 Å². The van der Waals surface area contributed by atoms with Crippen LogP contribution in [0.25, 0.3) is 0 Å². The molecule has 0 aromatic carbocycles. The summed E-state index contributed by atoms with van der Waals surface area (Å²) in [5, 5.41) is 6.75. The minimum absolute atomic E-state index is 0. The van der Waals surface area contributed by atoms with Crippen molar-refractivity contribution in [2.75, 3.05) is 0 Å². The Kier molecular flexibility index (Phi) is 129. The summed E-state index contributed by atoms with van der Waals surface area (Å²) >= 11 is 0. The molecule has 0 saturated heterocycles. The van der Waals surface area contributed by atoms with Gasteiger partial charge >= 0.3 is 0 Å². The van der Waals surface area contributed by atoms with Gasteiger partial charge in [-0.05, 0) is 0 Å². The molecule has 0 aromatic heterocycles. The van der Waals surface area contributed by atoms with E-state index in [0.717, 1.165) is 0 Å². The van der Waals surface area contributed by atoms with Gasteiger partial charge in [-0.3, -0.25) is 0 Å². The molecule has 0 saturated carbocycles. The van der Waals surface area contributed by atoms with Crippen LogP contribution in [-0.2, 0) is 0 Å². The fraction of sp³-hybridized carbons (Fsp3) is 0. The fourth-order valence-corrected chi connectivity index (χ4v) is 0. The number of rotatable bonds is 0. The van der Waals surface area contributed by atoms with Gasteiger partial charge in [0.2, 0.25) is 0 Å². The molecule has 1 N–H and O–H groups in total. The Morgan fingerprint density at radius 3 is 1.25 bits per heavy atom. The normalized spacial score (nSPS) is 1.50. The Morgan fingerprint density at radius 1 is 1.25 bits per heavy atom. The van der Waals surface area contributed by atoms with Crippen molar-refractivity contribution < 1.29 is 45.5 Å². The number of hydrogen-bond acceptors (Lipinski definition) is 1. The van der Waals surface area contributed by atoms with Crippen molar-refractivity contribution in [1.82, 2.24) is 0 Å². The third-order valence-electron chi connectivity index (χ3n) is 0. The Morgan fingerprint density at radius 2 is 1.25 bits per heavy atom. The molecular formula is C2H6OSm-2. The molecule has 0 spiro atoms. The van der Waals surface area contributed by atoms with Gasteiger partial charge in [0.25, 0.3) is 0 Å². The molecule has 0 aromatic rings. The van der Waals surface area contributed by atoms with Gasteiger partial charge in [-0.25, -0.2) is 7.11 Å². The quantitative estimate of drug-likeness (QED) is 0.563. The number of aliphatic hydroxyl groups excluding tert-OH is 1. The van der Waals surface area contributed by atoms with Gasteiger partial charge in [-0.1, -0.05) is 0 Å². The molecular weight excluding hydrogens is 190 g/mol. The number of hydrogen-bond donors (Lipinski definition) is 1. The topological polar surface area (TPSA) is 20.2 Å². The van der Waals surface area contributed by atoms with Crippen LogP contribution >= 0.6 is 0 Å². The van der Waals surface area contributed by atoms with Gasteiger partial charge in [-0.2, -0.15) is 0 Å².